The minimum atomic E-state index is -0.265. The first-order chi connectivity index (χ1) is 7.24. The molecule has 2 N–H and O–H groups in total. The Bertz CT molecular complexity index is 239. The van der Waals surface area contributed by atoms with Gasteiger partial charge in [-0.1, -0.05) is 0 Å². The Morgan fingerprint density at radius 2 is 2.40 bits per heavy atom. The fraction of sp³-hybridized carbons (Fsp3) is 0.909. The second kappa shape index (κ2) is 4.39. The lowest BCUT2D eigenvalue weighted by Crippen LogP contribution is -2.59. The molecular formula is C11H20N2O2. The highest BCUT2D eigenvalue weighted by Gasteiger charge is 2.41. The molecule has 2 rings (SSSR count). The number of alkyl carbamates (subject to hydrolysis) is 1. The molecule has 1 unspecified atom stereocenters. The van der Waals surface area contributed by atoms with E-state index in [1.807, 2.05) is 6.92 Å². The first kappa shape index (κ1) is 10.7. The zero-order valence-corrected chi connectivity index (χ0v) is 9.34. The lowest BCUT2D eigenvalue weighted by molar-refractivity contribution is 0.107. The van der Waals surface area contributed by atoms with Crippen LogP contribution in [-0.2, 0) is 4.74 Å². The molecule has 1 spiro atoms. The van der Waals surface area contributed by atoms with E-state index in [4.69, 9.17) is 4.74 Å². The summed E-state index contributed by atoms with van der Waals surface area (Å²) >= 11 is 0. The summed E-state index contributed by atoms with van der Waals surface area (Å²) in [6, 6.07) is 0.297. The van der Waals surface area contributed by atoms with Crippen LogP contribution < -0.4 is 10.6 Å². The minimum Gasteiger partial charge on any atom is -0.450 e. The van der Waals surface area contributed by atoms with Crippen molar-refractivity contribution in [2.24, 2.45) is 0 Å². The standard InChI is InChI=1S/C11H20N2O2/c1-2-15-10(14)13-9-4-7-12-11(8-9)5-3-6-11/h9,12H,2-8H2,1H3,(H,13,14). The Balaban J connectivity index is 1.80. The summed E-state index contributed by atoms with van der Waals surface area (Å²) < 4.78 is 4.89. The summed E-state index contributed by atoms with van der Waals surface area (Å²) in [5.74, 6) is 0. The Labute approximate surface area is 90.8 Å². The van der Waals surface area contributed by atoms with Gasteiger partial charge in [-0.05, 0) is 45.6 Å². The molecule has 15 heavy (non-hydrogen) atoms. The Morgan fingerprint density at radius 1 is 1.60 bits per heavy atom. The quantitative estimate of drug-likeness (QED) is 0.727. The molecule has 1 amide bonds. The van der Waals surface area contributed by atoms with E-state index in [9.17, 15) is 4.79 Å². The Hall–Kier alpha value is -0.770. The highest BCUT2D eigenvalue weighted by atomic mass is 16.5. The third-order valence-electron chi connectivity index (χ3n) is 3.54. The zero-order valence-electron chi connectivity index (χ0n) is 9.34. The zero-order chi connectivity index (χ0) is 10.7. The van der Waals surface area contributed by atoms with Gasteiger partial charge in [-0.3, -0.25) is 0 Å². The number of hydrogen-bond acceptors (Lipinski definition) is 3. The van der Waals surface area contributed by atoms with E-state index in [2.05, 4.69) is 10.6 Å². The van der Waals surface area contributed by atoms with Crippen LogP contribution in [0.15, 0.2) is 0 Å². The monoisotopic (exact) mass is 212 g/mol. The molecule has 2 aliphatic rings. The van der Waals surface area contributed by atoms with E-state index >= 15 is 0 Å². The van der Waals surface area contributed by atoms with E-state index in [1.54, 1.807) is 0 Å². The molecule has 0 aromatic carbocycles. The number of amides is 1. The first-order valence-electron chi connectivity index (χ1n) is 5.92. The molecule has 4 heteroatoms. The second-order valence-corrected chi connectivity index (χ2v) is 4.62. The fourth-order valence-corrected chi connectivity index (χ4v) is 2.60. The van der Waals surface area contributed by atoms with Crippen LogP contribution in [0, 0.1) is 0 Å². The predicted octanol–water partition coefficient (Wildman–Crippen LogP) is 1.41. The number of carbonyl (C=O) groups is 1. The van der Waals surface area contributed by atoms with E-state index in [-0.39, 0.29) is 6.09 Å². The lowest BCUT2D eigenvalue weighted by atomic mass is 9.70. The molecule has 1 aliphatic carbocycles. The van der Waals surface area contributed by atoms with Crippen LogP contribution in [0.5, 0.6) is 0 Å². The fourth-order valence-electron chi connectivity index (χ4n) is 2.60. The average molecular weight is 212 g/mol. The Morgan fingerprint density at radius 3 is 3.00 bits per heavy atom. The summed E-state index contributed by atoms with van der Waals surface area (Å²) in [5, 5.41) is 6.52. The van der Waals surface area contributed by atoms with Gasteiger partial charge < -0.3 is 15.4 Å². The van der Waals surface area contributed by atoms with Gasteiger partial charge in [0, 0.05) is 11.6 Å². The van der Waals surface area contributed by atoms with Crippen molar-refractivity contribution in [2.75, 3.05) is 13.2 Å². The van der Waals surface area contributed by atoms with Crippen LogP contribution in [0.1, 0.15) is 39.0 Å². The van der Waals surface area contributed by atoms with Crippen LogP contribution in [0.3, 0.4) is 0 Å². The van der Waals surface area contributed by atoms with Gasteiger partial charge in [-0.25, -0.2) is 4.79 Å². The third-order valence-corrected chi connectivity index (χ3v) is 3.54. The van der Waals surface area contributed by atoms with Crippen LogP contribution in [0.25, 0.3) is 0 Å². The molecule has 86 valence electrons. The summed E-state index contributed by atoms with van der Waals surface area (Å²) in [7, 11) is 0. The SMILES string of the molecule is CCOC(=O)NC1CCNC2(CCC2)C1. The smallest absolute Gasteiger partial charge is 0.407 e. The summed E-state index contributed by atoms with van der Waals surface area (Å²) in [6.45, 7) is 3.29. The van der Waals surface area contributed by atoms with Crippen LogP contribution in [0.4, 0.5) is 4.79 Å². The maximum atomic E-state index is 11.3. The van der Waals surface area contributed by atoms with Gasteiger partial charge in [0.2, 0.25) is 0 Å². The molecule has 1 atom stereocenters. The molecular weight excluding hydrogens is 192 g/mol. The molecule has 1 aliphatic heterocycles. The van der Waals surface area contributed by atoms with Gasteiger partial charge in [0.05, 0.1) is 6.61 Å². The summed E-state index contributed by atoms with van der Waals surface area (Å²) in [4.78, 5) is 11.3. The number of rotatable bonds is 2. The van der Waals surface area contributed by atoms with Crippen molar-refractivity contribution < 1.29 is 9.53 Å². The Kier molecular flexibility index (Phi) is 3.14. The van der Waals surface area contributed by atoms with Crippen molar-refractivity contribution in [3.8, 4) is 0 Å². The summed E-state index contributed by atoms with van der Waals surface area (Å²) in [5.41, 5.74) is 0.336. The maximum absolute atomic E-state index is 11.3. The van der Waals surface area contributed by atoms with E-state index in [1.165, 1.54) is 19.3 Å². The van der Waals surface area contributed by atoms with Gasteiger partial charge in [-0.15, -0.1) is 0 Å². The number of hydrogen-bond donors (Lipinski definition) is 2. The van der Waals surface area contributed by atoms with Crippen molar-refractivity contribution in [2.45, 2.75) is 50.6 Å². The molecule has 0 radical (unpaired) electrons. The largest absolute Gasteiger partial charge is 0.450 e. The topological polar surface area (TPSA) is 50.4 Å². The van der Waals surface area contributed by atoms with E-state index < -0.39 is 0 Å². The van der Waals surface area contributed by atoms with Crippen molar-refractivity contribution in [1.82, 2.24) is 10.6 Å². The van der Waals surface area contributed by atoms with Gasteiger partial charge >= 0.3 is 6.09 Å². The predicted molar refractivity (Wildman–Crippen MR) is 57.8 cm³/mol. The molecule has 4 nitrogen and oxygen atoms in total. The van der Waals surface area contributed by atoms with Gasteiger partial charge in [0.1, 0.15) is 0 Å². The average Bonchev–Trinajstić information content (AvgIpc) is 2.16. The molecule has 1 saturated carbocycles. The van der Waals surface area contributed by atoms with Crippen molar-refractivity contribution in [1.29, 1.82) is 0 Å². The van der Waals surface area contributed by atoms with Crippen molar-refractivity contribution in [3.63, 3.8) is 0 Å². The van der Waals surface area contributed by atoms with Gasteiger partial charge in [0.15, 0.2) is 0 Å². The van der Waals surface area contributed by atoms with Gasteiger partial charge in [-0.2, -0.15) is 0 Å². The first-order valence-corrected chi connectivity index (χ1v) is 5.92. The number of carbonyl (C=O) groups excluding carboxylic acids is 1. The lowest BCUT2D eigenvalue weighted by Gasteiger charge is -2.48. The highest BCUT2D eigenvalue weighted by molar-refractivity contribution is 5.67. The molecule has 1 heterocycles. The maximum Gasteiger partial charge on any atom is 0.407 e. The number of nitrogens with one attached hydrogen (secondary N) is 2. The second-order valence-electron chi connectivity index (χ2n) is 4.62. The van der Waals surface area contributed by atoms with Crippen molar-refractivity contribution >= 4 is 6.09 Å². The van der Waals surface area contributed by atoms with E-state index in [0.29, 0.717) is 18.2 Å². The number of ether oxygens (including phenoxy) is 1. The molecule has 0 aromatic rings. The normalized spacial score (nSPS) is 28.2. The molecule has 0 bridgehead atoms. The molecule has 2 fully saturated rings. The molecule has 0 aromatic heterocycles. The third kappa shape index (κ3) is 2.43. The molecule has 1 saturated heterocycles. The summed E-state index contributed by atoms with van der Waals surface area (Å²) in [6.07, 6.45) is 5.65. The van der Waals surface area contributed by atoms with E-state index in [0.717, 1.165) is 19.4 Å². The highest BCUT2D eigenvalue weighted by Crippen LogP contribution is 2.38. The number of piperidine rings is 1. The van der Waals surface area contributed by atoms with Crippen LogP contribution >= 0.6 is 0 Å². The minimum absolute atomic E-state index is 0.265. The van der Waals surface area contributed by atoms with Crippen LogP contribution in [-0.4, -0.2) is 30.8 Å². The van der Waals surface area contributed by atoms with Crippen LogP contribution in [0.2, 0.25) is 0 Å². The van der Waals surface area contributed by atoms with Gasteiger partial charge in [0.25, 0.3) is 0 Å². The van der Waals surface area contributed by atoms with Crippen molar-refractivity contribution in [3.05, 3.63) is 0 Å².